The van der Waals surface area contributed by atoms with E-state index in [4.69, 9.17) is 5.73 Å². The van der Waals surface area contributed by atoms with Crippen molar-refractivity contribution in [2.75, 3.05) is 18.0 Å². The summed E-state index contributed by atoms with van der Waals surface area (Å²) in [6.07, 6.45) is 4.79. The Bertz CT molecular complexity index is 1230. The number of sulfonamides is 1. The lowest BCUT2D eigenvalue weighted by atomic mass is 10.1. The van der Waals surface area contributed by atoms with E-state index in [2.05, 4.69) is 54.4 Å². The SMILES string of the molecule is CC(C)CNS(=O)(=O)CCn1c(Sc2cc3c(cc2I)CCC3)nc2c(N)ncnc21. The number of halogens is 1. The minimum atomic E-state index is -3.42. The van der Waals surface area contributed by atoms with Crippen LogP contribution in [-0.2, 0) is 29.4 Å². The van der Waals surface area contributed by atoms with Gasteiger partial charge in [0, 0.05) is 21.6 Å². The van der Waals surface area contributed by atoms with Crippen molar-refractivity contribution in [2.24, 2.45) is 5.92 Å². The van der Waals surface area contributed by atoms with E-state index in [9.17, 15) is 8.42 Å². The highest BCUT2D eigenvalue weighted by atomic mass is 127. The first-order chi connectivity index (χ1) is 14.7. The quantitative estimate of drug-likeness (QED) is 0.399. The molecular formula is C20H25IN6O2S2. The van der Waals surface area contributed by atoms with Crippen LogP contribution in [0.5, 0.6) is 0 Å². The van der Waals surface area contributed by atoms with Crippen molar-refractivity contribution in [3.63, 3.8) is 0 Å². The maximum Gasteiger partial charge on any atom is 0.213 e. The number of nitrogens with one attached hydrogen (secondary N) is 1. The van der Waals surface area contributed by atoms with Gasteiger partial charge < -0.3 is 10.3 Å². The molecule has 0 fully saturated rings. The van der Waals surface area contributed by atoms with Gasteiger partial charge in [0.05, 0.1) is 5.75 Å². The highest BCUT2D eigenvalue weighted by Crippen LogP contribution is 2.37. The molecule has 166 valence electrons. The summed E-state index contributed by atoms with van der Waals surface area (Å²) in [6, 6.07) is 4.47. The van der Waals surface area contributed by atoms with E-state index in [-0.39, 0.29) is 24.0 Å². The zero-order valence-electron chi connectivity index (χ0n) is 17.4. The Hall–Kier alpha value is -1.44. The van der Waals surface area contributed by atoms with Crippen LogP contribution < -0.4 is 10.5 Å². The second kappa shape index (κ2) is 9.20. The first-order valence-corrected chi connectivity index (χ1v) is 13.7. The molecule has 1 aromatic carbocycles. The van der Waals surface area contributed by atoms with Crippen molar-refractivity contribution in [3.05, 3.63) is 33.2 Å². The number of nitrogens with two attached hydrogens (primary N) is 1. The van der Waals surface area contributed by atoms with Crippen LogP contribution in [0.3, 0.4) is 0 Å². The Morgan fingerprint density at radius 1 is 1.26 bits per heavy atom. The third-order valence-corrected chi connectivity index (χ3v) is 8.80. The average Bonchev–Trinajstić information content (AvgIpc) is 3.30. The number of rotatable bonds is 8. The molecule has 3 aromatic rings. The van der Waals surface area contributed by atoms with Crippen LogP contribution in [0.1, 0.15) is 31.4 Å². The highest BCUT2D eigenvalue weighted by molar-refractivity contribution is 14.1. The summed E-state index contributed by atoms with van der Waals surface area (Å²) in [4.78, 5) is 14.2. The zero-order valence-corrected chi connectivity index (χ0v) is 21.2. The molecule has 3 N–H and O–H groups in total. The maximum atomic E-state index is 12.5. The molecule has 1 aliphatic rings. The average molecular weight is 572 g/mol. The molecule has 0 amide bonds. The van der Waals surface area contributed by atoms with E-state index in [1.54, 1.807) is 0 Å². The number of hydrogen-bond donors (Lipinski definition) is 2. The monoisotopic (exact) mass is 572 g/mol. The summed E-state index contributed by atoms with van der Waals surface area (Å²) in [5.74, 6) is 0.462. The molecule has 31 heavy (non-hydrogen) atoms. The van der Waals surface area contributed by atoms with Crippen LogP contribution in [0, 0.1) is 9.49 Å². The van der Waals surface area contributed by atoms with Gasteiger partial charge in [-0.05, 0) is 71.0 Å². The Labute approximate surface area is 200 Å². The van der Waals surface area contributed by atoms with Gasteiger partial charge in [0.25, 0.3) is 0 Å². The van der Waals surface area contributed by atoms with Gasteiger partial charge in [-0.1, -0.05) is 25.6 Å². The number of nitrogen functional groups attached to an aromatic ring is 1. The lowest BCUT2D eigenvalue weighted by Gasteiger charge is -2.12. The van der Waals surface area contributed by atoms with E-state index < -0.39 is 10.0 Å². The fourth-order valence-electron chi connectivity index (χ4n) is 3.54. The molecule has 2 heterocycles. The number of nitrogens with zero attached hydrogens (tertiary/aromatic N) is 4. The normalized spacial score (nSPS) is 13.9. The third kappa shape index (κ3) is 5.15. The lowest BCUT2D eigenvalue weighted by molar-refractivity contribution is 0.553. The molecule has 0 saturated carbocycles. The third-order valence-electron chi connectivity index (χ3n) is 5.17. The molecule has 8 nitrogen and oxygen atoms in total. The Morgan fingerprint density at radius 2 is 2.00 bits per heavy atom. The summed E-state index contributed by atoms with van der Waals surface area (Å²) in [7, 11) is -3.42. The predicted molar refractivity (Wildman–Crippen MR) is 132 cm³/mol. The summed E-state index contributed by atoms with van der Waals surface area (Å²) >= 11 is 3.87. The van der Waals surface area contributed by atoms with Gasteiger partial charge in [-0.25, -0.2) is 28.1 Å². The molecule has 0 atom stereocenters. The van der Waals surface area contributed by atoms with E-state index in [1.165, 1.54) is 35.6 Å². The Morgan fingerprint density at radius 3 is 2.74 bits per heavy atom. The minimum Gasteiger partial charge on any atom is -0.382 e. The standard InChI is InChI=1S/C20H25IN6O2S2/c1-12(2)10-25-31(28,29)7-6-27-19-17(18(22)23-11-24-19)26-20(27)30-16-9-14-5-3-4-13(14)8-15(16)21/h8-9,11-12,25H,3-7,10H2,1-2H3,(H2,22,23,24). The molecule has 0 unspecified atom stereocenters. The largest absolute Gasteiger partial charge is 0.382 e. The number of anilines is 1. The number of imidazole rings is 1. The molecule has 2 aromatic heterocycles. The molecule has 0 spiro atoms. The number of fused-ring (bicyclic) bond motifs is 2. The van der Waals surface area contributed by atoms with Crippen LogP contribution in [0.25, 0.3) is 11.2 Å². The van der Waals surface area contributed by atoms with Crippen molar-refractivity contribution < 1.29 is 8.42 Å². The molecule has 11 heteroatoms. The molecule has 1 aliphatic carbocycles. The molecule has 0 aliphatic heterocycles. The van der Waals surface area contributed by atoms with Crippen molar-refractivity contribution in [1.82, 2.24) is 24.2 Å². The van der Waals surface area contributed by atoms with Crippen molar-refractivity contribution in [3.8, 4) is 0 Å². The summed E-state index contributed by atoms with van der Waals surface area (Å²) in [5, 5.41) is 0.664. The molecule has 0 radical (unpaired) electrons. The van der Waals surface area contributed by atoms with Crippen molar-refractivity contribution in [2.45, 2.75) is 49.7 Å². The predicted octanol–water partition coefficient (Wildman–Crippen LogP) is 3.23. The molecule has 0 bridgehead atoms. The van der Waals surface area contributed by atoms with Crippen LogP contribution in [0.4, 0.5) is 5.82 Å². The number of hydrogen-bond acceptors (Lipinski definition) is 7. The molecule has 4 rings (SSSR count). The fourth-order valence-corrected chi connectivity index (χ4v) is 6.53. The van der Waals surface area contributed by atoms with Crippen molar-refractivity contribution in [1.29, 1.82) is 0 Å². The Kier molecular flexibility index (Phi) is 6.75. The summed E-state index contributed by atoms with van der Waals surface area (Å²) < 4.78 is 30.6. The van der Waals surface area contributed by atoms with E-state index >= 15 is 0 Å². The maximum absolute atomic E-state index is 12.5. The number of aryl methyl sites for hydroxylation is 3. The molecular weight excluding hydrogens is 547 g/mol. The lowest BCUT2D eigenvalue weighted by Crippen LogP contribution is -2.31. The Balaban J connectivity index is 1.67. The van der Waals surface area contributed by atoms with E-state index in [0.717, 1.165) is 21.3 Å². The smallest absolute Gasteiger partial charge is 0.213 e. The minimum absolute atomic E-state index is 0.0655. The number of benzene rings is 1. The zero-order chi connectivity index (χ0) is 22.2. The highest BCUT2D eigenvalue weighted by Gasteiger charge is 2.21. The summed E-state index contributed by atoms with van der Waals surface area (Å²) in [5.41, 5.74) is 9.87. The van der Waals surface area contributed by atoms with Gasteiger partial charge in [-0.3, -0.25) is 0 Å². The van der Waals surface area contributed by atoms with Crippen LogP contribution >= 0.6 is 34.4 Å². The van der Waals surface area contributed by atoms with Crippen molar-refractivity contribution >= 4 is 61.4 Å². The second-order valence-corrected chi connectivity index (χ2v) is 12.1. The van der Waals surface area contributed by atoms with Gasteiger partial charge in [0.15, 0.2) is 22.1 Å². The van der Waals surface area contributed by atoms with Crippen LogP contribution in [-0.4, -0.2) is 40.2 Å². The number of aromatic nitrogens is 4. The fraction of sp³-hybridized carbons (Fsp3) is 0.450. The summed E-state index contributed by atoms with van der Waals surface area (Å²) in [6.45, 7) is 4.58. The van der Waals surface area contributed by atoms with Gasteiger partial charge in [0.2, 0.25) is 10.0 Å². The van der Waals surface area contributed by atoms with Gasteiger partial charge in [0.1, 0.15) is 6.33 Å². The molecule has 0 saturated heterocycles. The van der Waals surface area contributed by atoms with Gasteiger partial charge >= 0.3 is 0 Å². The van der Waals surface area contributed by atoms with E-state index in [0.29, 0.717) is 22.9 Å². The second-order valence-electron chi connectivity index (χ2n) is 8.05. The van der Waals surface area contributed by atoms with Gasteiger partial charge in [-0.2, -0.15) is 0 Å². The first-order valence-electron chi connectivity index (χ1n) is 10.2. The topological polar surface area (TPSA) is 116 Å². The van der Waals surface area contributed by atoms with Crippen LogP contribution in [0.15, 0.2) is 28.5 Å². The van der Waals surface area contributed by atoms with Gasteiger partial charge in [-0.15, -0.1) is 0 Å². The van der Waals surface area contributed by atoms with Crippen LogP contribution in [0.2, 0.25) is 0 Å². The first kappa shape index (κ1) is 22.7. The van der Waals surface area contributed by atoms with E-state index in [1.807, 2.05) is 18.4 Å².